The summed E-state index contributed by atoms with van der Waals surface area (Å²) in [6.07, 6.45) is -0.362. The molecule has 1 atom stereocenters. The van der Waals surface area contributed by atoms with E-state index in [9.17, 15) is 19.2 Å². The monoisotopic (exact) mass is 577 g/mol. The third-order valence-corrected chi connectivity index (χ3v) is 6.44. The number of hydrogen-bond acceptors (Lipinski definition) is 9. The van der Waals surface area contributed by atoms with E-state index in [-0.39, 0.29) is 46.2 Å². The number of carbonyl (C=O) groups excluding carboxylic acids is 4. The summed E-state index contributed by atoms with van der Waals surface area (Å²) < 4.78 is 26.9. The Kier molecular flexibility index (Phi) is 8.84. The minimum absolute atomic E-state index is 0.0703. The molecule has 4 rings (SSSR count). The zero-order chi connectivity index (χ0) is 30.6. The predicted molar refractivity (Wildman–Crippen MR) is 153 cm³/mol. The fourth-order valence-corrected chi connectivity index (χ4v) is 4.49. The van der Waals surface area contributed by atoms with Crippen LogP contribution in [0.3, 0.4) is 0 Å². The second-order valence-electron chi connectivity index (χ2n) is 9.48. The first kappa shape index (κ1) is 29.7. The maximum atomic E-state index is 13.5. The Bertz CT molecular complexity index is 1520. The molecule has 0 aliphatic carbocycles. The van der Waals surface area contributed by atoms with Gasteiger partial charge in [-0.25, -0.2) is 0 Å². The molecule has 12 heteroatoms. The van der Waals surface area contributed by atoms with Gasteiger partial charge in [-0.1, -0.05) is 6.07 Å². The van der Waals surface area contributed by atoms with Crippen LogP contribution in [0.5, 0.6) is 28.7 Å². The van der Waals surface area contributed by atoms with Crippen LogP contribution in [0.1, 0.15) is 38.3 Å². The third kappa shape index (κ3) is 6.38. The molecule has 3 amide bonds. The van der Waals surface area contributed by atoms with Crippen LogP contribution in [-0.2, 0) is 14.3 Å². The van der Waals surface area contributed by atoms with Crippen molar-refractivity contribution < 1.29 is 42.9 Å². The fourth-order valence-electron chi connectivity index (χ4n) is 4.49. The van der Waals surface area contributed by atoms with E-state index >= 15 is 0 Å². The van der Waals surface area contributed by atoms with Gasteiger partial charge in [-0.05, 0) is 61.4 Å². The molecule has 0 aromatic heterocycles. The molecule has 1 aliphatic heterocycles. The van der Waals surface area contributed by atoms with Gasteiger partial charge in [-0.3, -0.25) is 19.2 Å². The van der Waals surface area contributed by atoms with Gasteiger partial charge >= 0.3 is 5.97 Å². The fraction of sp³-hybridized carbons (Fsp3) is 0.267. The van der Waals surface area contributed by atoms with Gasteiger partial charge in [0.25, 0.3) is 11.8 Å². The van der Waals surface area contributed by atoms with Gasteiger partial charge in [0.1, 0.15) is 11.8 Å². The Morgan fingerprint density at radius 3 is 2.05 bits per heavy atom. The van der Waals surface area contributed by atoms with Gasteiger partial charge in [0, 0.05) is 5.56 Å². The Labute approximate surface area is 242 Å². The largest absolute Gasteiger partial charge is 0.493 e. The summed E-state index contributed by atoms with van der Waals surface area (Å²) in [7, 11) is 5.50. The first-order valence-corrected chi connectivity index (χ1v) is 12.8. The molecule has 0 fully saturated rings. The minimum atomic E-state index is -1.17. The Morgan fingerprint density at radius 2 is 1.48 bits per heavy atom. The average molecular weight is 578 g/mol. The SMILES string of the molecule is COC(=O)C[C@@H]1NC(=O)c2cc(Oc3cc(C)cc(C)c3)c(NC(=O)c3cc(OC)c(OC)c(OC)c3)cc2NC1=O. The molecule has 3 aromatic carbocycles. The highest BCUT2D eigenvalue weighted by Crippen LogP contribution is 2.40. The number of fused-ring (bicyclic) bond motifs is 1. The van der Waals surface area contributed by atoms with E-state index in [1.807, 2.05) is 19.9 Å². The van der Waals surface area contributed by atoms with Crippen molar-refractivity contribution in [2.45, 2.75) is 26.3 Å². The van der Waals surface area contributed by atoms with Gasteiger partial charge < -0.3 is 39.6 Å². The number of rotatable bonds is 9. The molecule has 220 valence electrons. The highest BCUT2D eigenvalue weighted by Gasteiger charge is 2.31. The van der Waals surface area contributed by atoms with Crippen molar-refractivity contribution in [3.05, 3.63) is 64.7 Å². The van der Waals surface area contributed by atoms with Crippen molar-refractivity contribution in [1.82, 2.24) is 5.32 Å². The summed E-state index contributed by atoms with van der Waals surface area (Å²) >= 11 is 0. The summed E-state index contributed by atoms with van der Waals surface area (Å²) in [6, 6.07) is 10.2. The zero-order valence-corrected chi connectivity index (χ0v) is 24.0. The second-order valence-corrected chi connectivity index (χ2v) is 9.48. The number of nitrogens with one attached hydrogen (secondary N) is 3. The summed E-state index contributed by atoms with van der Waals surface area (Å²) in [4.78, 5) is 51.4. The van der Waals surface area contributed by atoms with Crippen LogP contribution in [0.4, 0.5) is 11.4 Å². The van der Waals surface area contributed by atoms with E-state index in [1.165, 1.54) is 52.7 Å². The molecule has 1 aliphatic rings. The normalized spacial score (nSPS) is 14.0. The van der Waals surface area contributed by atoms with E-state index in [1.54, 1.807) is 12.1 Å². The topological polar surface area (TPSA) is 151 Å². The van der Waals surface area contributed by atoms with Crippen molar-refractivity contribution >= 4 is 35.1 Å². The lowest BCUT2D eigenvalue weighted by Crippen LogP contribution is -2.42. The van der Waals surface area contributed by atoms with Crippen molar-refractivity contribution in [1.29, 1.82) is 0 Å². The molecule has 3 N–H and O–H groups in total. The van der Waals surface area contributed by atoms with Crippen molar-refractivity contribution in [2.75, 3.05) is 39.1 Å². The molecule has 0 bridgehead atoms. The number of ether oxygens (including phenoxy) is 5. The van der Waals surface area contributed by atoms with Gasteiger partial charge in [0.2, 0.25) is 11.7 Å². The molecule has 42 heavy (non-hydrogen) atoms. The lowest BCUT2D eigenvalue weighted by atomic mass is 10.1. The van der Waals surface area contributed by atoms with Gasteiger partial charge in [-0.15, -0.1) is 0 Å². The van der Waals surface area contributed by atoms with Gasteiger partial charge in [-0.2, -0.15) is 0 Å². The number of amides is 3. The molecular weight excluding hydrogens is 546 g/mol. The number of hydrogen-bond donors (Lipinski definition) is 3. The lowest BCUT2D eigenvalue weighted by molar-refractivity contribution is -0.142. The van der Waals surface area contributed by atoms with Crippen LogP contribution in [-0.4, -0.2) is 58.2 Å². The van der Waals surface area contributed by atoms with Crippen LogP contribution in [0.2, 0.25) is 0 Å². The van der Waals surface area contributed by atoms with E-state index in [4.69, 9.17) is 18.9 Å². The van der Waals surface area contributed by atoms with E-state index < -0.39 is 29.7 Å². The highest BCUT2D eigenvalue weighted by atomic mass is 16.5. The van der Waals surface area contributed by atoms with Crippen molar-refractivity contribution in [3.63, 3.8) is 0 Å². The summed E-state index contributed by atoms with van der Waals surface area (Å²) in [5.74, 6) is -1.01. The van der Waals surface area contributed by atoms with Crippen molar-refractivity contribution in [2.24, 2.45) is 0 Å². The van der Waals surface area contributed by atoms with Crippen LogP contribution in [0, 0.1) is 13.8 Å². The Hall–Kier alpha value is -5.26. The highest BCUT2D eigenvalue weighted by molar-refractivity contribution is 6.13. The van der Waals surface area contributed by atoms with Gasteiger partial charge in [0.05, 0.1) is 51.8 Å². The number of benzene rings is 3. The molecule has 1 heterocycles. The summed E-state index contributed by atoms with van der Waals surface area (Å²) in [6.45, 7) is 3.82. The third-order valence-electron chi connectivity index (χ3n) is 6.44. The van der Waals surface area contributed by atoms with E-state index in [0.29, 0.717) is 11.5 Å². The number of esters is 1. The van der Waals surface area contributed by atoms with Crippen LogP contribution < -0.4 is 34.9 Å². The molecule has 0 unspecified atom stereocenters. The lowest BCUT2D eigenvalue weighted by Gasteiger charge is -2.17. The molecule has 0 spiro atoms. The summed E-state index contributed by atoms with van der Waals surface area (Å²) in [5.41, 5.74) is 2.40. The number of anilines is 2. The summed E-state index contributed by atoms with van der Waals surface area (Å²) in [5, 5.41) is 8.00. The van der Waals surface area contributed by atoms with Crippen LogP contribution in [0.15, 0.2) is 42.5 Å². The second kappa shape index (κ2) is 12.5. The maximum absolute atomic E-state index is 13.5. The number of methoxy groups -OCH3 is 4. The average Bonchev–Trinajstić information content (AvgIpc) is 3.06. The molecule has 0 saturated heterocycles. The van der Waals surface area contributed by atoms with Crippen LogP contribution >= 0.6 is 0 Å². The quantitative estimate of drug-likeness (QED) is 0.321. The maximum Gasteiger partial charge on any atom is 0.308 e. The number of carbonyl (C=O) groups is 4. The zero-order valence-electron chi connectivity index (χ0n) is 24.0. The Morgan fingerprint density at radius 1 is 0.833 bits per heavy atom. The predicted octanol–water partition coefficient (Wildman–Crippen LogP) is 3.99. The van der Waals surface area contributed by atoms with Gasteiger partial charge in [0.15, 0.2) is 17.2 Å². The molecule has 0 radical (unpaired) electrons. The molecular formula is C30H31N3O9. The molecule has 0 saturated carbocycles. The Balaban J connectivity index is 1.78. The smallest absolute Gasteiger partial charge is 0.308 e. The first-order valence-electron chi connectivity index (χ1n) is 12.8. The number of aryl methyl sites for hydroxylation is 2. The van der Waals surface area contributed by atoms with E-state index in [2.05, 4.69) is 20.7 Å². The standard InChI is InChI=1S/C30H31N3O9/c1-15-7-16(2)9-18(8-15)42-23-12-19-20(31-30(37)22(33-29(19)36)14-26(34)40-5)13-21(23)32-28(35)17-10-24(38-3)27(41-6)25(11-17)39-4/h7-13,22H,14H2,1-6H3,(H,31,37)(H,32,35)(H,33,36)/t22-/m0/s1. The first-order chi connectivity index (χ1) is 20.1. The van der Waals surface area contributed by atoms with E-state index in [0.717, 1.165) is 11.1 Å². The molecule has 3 aromatic rings. The molecule has 12 nitrogen and oxygen atoms in total. The van der Waals surface area contributed by atoms with Crippen molar-refractivity contribution in [3.8, 4) is 28.7 Å². The minimum Gasteiger partial charge on any atom is -0.493 e. The van der Waals surface area contributed by atoms with Crippen LogP contribution in [0.25, 0.3) is 0 Å².